The summed E-state index contributed by atoms with van der Waals surface area (Å²) in [6, 6.07) is 20.1. The fourth-order valence-corrected chi connectivity index (χ4v) is 3.44. The highest BCUT2D eigenvalue weighted by Crippen LogP contribution is 2.37. The second kappa shape index (κ2) is 8.70. The number of anilines is 2. The van der Waals surface area contributed by atoms with E-state index < -0.39 is 23.9 Å². The number of alkyl halides is 3. The van der Waals surface area contributed by atoms with Gasteiger partial charge in [0.2, 0.25) is 0 Å². The van der Waals surface area contributed by atoms with Crippen molar-refractivity contribution in [1.82, 2.24) is 0 Å². The van der Waals surface area contributed by atoms with Crippen LogP contribution < -0.4 is 19.7 Å². The predicted molar refractivity (Wildman–Crippen MR) is 116 cm³/mol. The Bertz CT molecular complexity index is 1220. The molecule has 4 rings (SSSR count). The van der Waals surface area contributed by atoms with E-state index in [1.807, 2.05) is 0 Å². The highest BCUT2D eigenvalue weighted by atomic mass is 19.4. The minimum absolute atomic E-state index is 0.0124. The minimum atomic E-state index is -4.82. The number of carbonyl (C=O) groups excluding carboxylic acids is 2. The molecule has 0 spiro atoms. The van der Waals surface area contributed by atoms with Gasteiger partial charge in [0.15, 0.2) is 0 Å². The molecule has 1 aliphatic rings. The van der Waals surface area contributed by atoms with E-state index in [0.29, 0.717) is 17.0 Å². The van der Waals surface area contributed by atoms with Gasteiger partial charge in [0.05, 0.1) is 18.4 Å². The van der Waals surface area contributed by atoms with Crippen LogP contribution in [0, 0.1) is 0 Å². The van der Waals surface area contributed by atoms with Crippen LogP contribution in [0.25, 0.3) is 5.57 Å². The Hall–Kier alpha value is -4.27. The molecule has 0 aromatic heterocycles. The summed E-state index contributed by atoms with van der Waals surface area (Å²) >= 11 is 0. The van der Waals surface area contributed by atoms with Crippen LogP contribution >= 0.6 is 0 Å². The fourth-order valence-electron chi connectivity index (χ4n) is 3.44. The molecule has 1 aliphatic heterocycles. The highest BCUT2D eigenvalue weighted by molar-refractivity contribution is 6.46. The van der Waals surface area contributed by atoms with Crippen molar-refractivity contribution in [2.45, 2.75) is 6.36 Å². The van der Waals surface area contributed by atoms with Crippen molar-refractivity contribution in [3.8, 4) is 11.5 Å². The maximum atomic E-state index is 13.4. The largest absolute Gasteiger partial charge is 0.573 e. The molecule has 0 aliphatic carbocycles. The van der Waals surface area contributed by atoms with E-state index in [-0.39, 0.29) is 17.0 Å². The van der Waals surface area contributed by atoms with Crippen molar-refractivity contribution in [3.05, 3.63) is 90.1 Å². The SMILES string of the molecule is COc1ccccc1N1C(=O)C(Nc2ccc(OC(F)(F)F)cc2)=C(c2ccccc2)C1=O. The monoisotopic (exact) mass is 454 g/mol. The minimum Gasteiger partial charge on any atom is -0.495 e. The first-order chi connectivity index (χ1) is 15.8. The third-order valence-electron chi connectivity index (χ3n) is 4.83. The number of halogens is 3. The third kappa shape index (κ3) is 4.52. The Morgan fingerprint density at radius 3 is 2.09 bits per heavy atom. The van der Waals surface area contributed by atoms with E-state index in [0.717, 1.165) is 17.0 Å². The van der Waals surface area contributed by atoms with Gasteiger partial charge in [0.1, 0.15) is 17.2 Å². The number of carbonyl (C=O) groups is 2. The molecular weight excluding hydrogens is 437 g/mol. The molecule has 6 nitrogen and oxygen atoms in total. The van der Waals surface area contributed by atoms with Gasteiger partial charge in [-0.2, -0.15) is 0 Å². The maximum Gasteiger partial charge on any atom is 0.573 e. The van der Waals surface area contributed by atoms with E-state index in [9.17, 15) is 22.8 Å². The lowest BCUT2D eigenvalue weighted by molar-refractivity contribution is -0.274. The second-order valence-corrected chi connectivity index (χ2v) is 6.93. The molecule has 0 unspecified atom stereocenters. The van der Waals surface area contributed by atoms with Gasteiger partial charge in [0, 0.05) is 5.69 Å². The van der Waals surface area contributed by atoms with Crippen LogP contribution in [0.5, 0.6) is 11.5 Å². The van der Waals surface area contributed by atoms with Gasteiger partial charge in [-0.15, -0.1) is 13.2 Å². The fraction of sp³-hybridized carbons (Fsp3) is 0.0833. The van der Waals surface area contributed by atoms with Crippen LogP contribution in [0.3, 0.4) is 0 Å². The summed E-state index contributed by atoms with van der Waals surface area (Å²) in [4.78, 5) is 27.8. The number of methoxy groups -OCH3 is 1. The van der Waals surface area contributed by atoms with Gasteiger partial charge in [-0.3, -0.25) is 9.59 Å². The number of nitrogens with one attached hydrogen (secondary N) is 1. The molecule has 0 saturated carbocycles. The quantitative estimate of drug-likeness (QED) is 0.532. The van der Waals surface area contributed by atoms with Crippen LogP contribution in [0.4, 0.5) is 24.5 Å². The molecule has 1 N–H and O–H groups in total. The van der Waals surface area contributed by atoms with E-state index in [2.05, 4.69) is 10.1 Å². The Kier molecular flexibility index (Phi) is 5.78. The lowest BCUT2D eigenvalue weighted by atomic mass is 10.0. The predicted octanol–water partition coefficient (Wildman–Crippen LogP) is 4.99. The summed E-state index contributed by atoms with van der Waals surface area (Å²) < 4.78 is 46.5. The van der Waals surface area contributed by atoms with Gasteiger partial charge in [0.25, 0.3) is 11.8 Å². The number of para-hydroxylation sites is 2. The lowest BCUT2D eigenvalue weighted by Gasteiger charge is -2.18. The molecule has 1 heterocycles. The summed E-state index contributed by atoms with van der Waals surface area (Å²) in [6.45, 7) is 0. The zero-order valence-electron chi connectivity index (χ0n) is 17.2. The van der Waals surface area contributed by atoms with Crippen molar-refractivity contribution < 1.29 is 32.2 Å². The molecule has 0 bridgehead atoms. The van der Waals surface area contributed by atoms with Crippen molar-refractivity contribution in [1.29, 1.82) is 0 Å². The van der Waals surface area contributed by atoms with Gasteiger partial charge in [-0.05, 0) is 42.0 Å². The van der Waals surface area contributed by atoms with Crippen molar-refractivity contribution in [2.75, 3.05) is 17.3 Å². The molecule has 9 heteroatoms. The Labute approximate surface area is 186 Å². The molecule has 3 aromatic rings. The molecular formula is C24H17F3N2O4. The number of rotatable bonds is 6. The first kappa shape index (κ1) is 21.9. The van der Waals surface area contributed by atoms with Gasteiger partial charge in [-0.25, -0.2) is 4.90 Å². The Morgan fingerprint density at radius 1 is 0.818 bits per heavy atom. The van der Waals surface area contributed by atoms with Crippen LogP contribution in [-0.2, 0) is 9.59 Å². The number of ether oxygens (including phenoxy) is 2. The Morgan fingerprint density at radius 2 is 1.45 bits per heavy atom. The highest BCUT2D eigenvalue weighted by Gasteiger charge is 2.41. The van der Waals surface area contributed by atoms with E-state index in [1.54, 1.807) is 54.6 Å². The molecule has 3 aromatic carbocycles. The van der Waals surface area contributed by atoms with Crippen LogP contribution in [-0.4, -0.2) is 25.3 Å². The number of hydrogen-bond acceptors (Lipinski definition) is 5. The standard InChI is InChI=1S/C24H17F3N2O4/c1-32-19-10-6-5-9-18(19)29-22(30)20(15-7-3-2-4-8-15)21(23(29)31)28-16-11-13-17(14-12-16)33-24(25,26)27/h2-14,28H,1H3. The van der Waals surface area contributed by atoms with Gasteiger partial charge >= 0.3 is 6.36 Å². The van der Waals surface area contributed by atoms with E-state index in [4.69, 9.17) is 4.74 Å². The average Bonchev–Trinajstić information content (AvgIpc) is 3.03. The zero-order chi connectivity index (χ0) is 23.6. The number of amides is 2. The number of benzene rings is 3. The number of imide groups is 1. The second-order valence-electron chi connectivity index (χ2n) is 6.93. The molecule has 33 heavy (non-hydrogen) atoms. The first-order valence-electron chi connectivity index (χ1n) is 9.73. The summed E-state index contributed by atoms with van der Waals surface area (Å²) in [7, 11) is 1.43. The van der Waals surface area contributed by atoms with Crippen LogP contribution in [0.1, 0.15) is 5.56 Å². The summed E-state index contributed by atoms with van der Waals surface area (Å²) in [5, 5.41) is 2.89. The average molecular weight is 454 g/mol. The maximum absolute atomic E-state index is 13.4. The molecule has 2 amide bonds. The third-order valence-corrected chi connectivity index (χ3v) is 4.83. The normalized spacial score (nSPS) is 14.0. The molecule has 0 radical (unpaired) electrons. The lowest BCUT2D eigenvalue weighted by Crippen LogP contribution is -2.32. The molecule has 0 atom stereocenters. The zero-order valence-corrected chi connectivity index (χ0v) is 17.2. The van der Waals surface area contributed by atoms with E-state index in [1.165, 1.54) is 19.2 Å². The van der Waals surface area contributed by atoms with E-state index >= 15 is 0 Å². The summed E-state index contributed by atoms with van der Waals surface area (Å²) in [5.41, 5.74) is 1.20. The topological polar surface area (TPSA) is 67.9 Å². The molecule has 168 valence electrons. The Balaban J connectivity index is 1.73. The number of nitrogens with zero attached hydrogens (tertiary/aromatic N) is 1. The summed E-state index contributed by atoms with van der Waals surface area (Å²) in [5.74, 6) is -1.26. The smallest absolute Gasteiger partial charge is 0.495 e. The summed E-state index contributed by atoms with van der Waals surface area (Å²) in [6.07, 6.45) is -4.82. The van der Waals surface area contributed by atoms with Crippen LogP contribution in [0.2, 0.25) is 0 Å². The van der Waals surface area contributed by atoms with Crippen molar-refractivity contribution in [3.63, 3.8) is 0 Å². The van der Waals surface area contributed by atoms with Crippen molar-refractivity contribution in [2.24, 2.45) is 0 Å². The van der Waals surface area contributed by atoms with Gasteiger partial charge in [-0.1, -0.05) is 42.5 Å². The van der Waals surface area contributed by atoms with Crippen LogP contribution in [0.15, 0.2) is 84.6 Å². The van der Waals surface area contributed by atoms with Gasteiger partial charge < -0.3 is 14.8 Å². The number of hydrogen-bond donors (Lipinski definition) is 1. The van der Waals surface area contributed by atoms with Crippen molar-refractivity contribution >= 4 is 28.8 Å². The molecule has 0 fully saturated rings. The molecule has 0 saturated heterocycles. The first-order valence-corrected chi connectivity index (χ1v) is 9.73.